The van der Waals surface area contributed by atoms with E-state index in [1.54, 1.807) is 19.1 Å². The van der Waals surface area contributed by atoms with E-state index >= 15 is 0 Å². The van der Waals surface area contributed by atoms with Crippen LogP contribution in [0.3, 0.4) is 0 Å². The van der Waals surface area contributed by atoms with Gasteiger partial charge in [-0.1, -0.05) is 56.6 Å². The Balaban J connectivity index is 1.92. The maximum absolute atomic E-state index is 14.8. The molecule has 220 valence electrons. The zero-order valence-electron chi connectivity index (χ0n) is 24.0. The van der Waals surface area contributed by atoms with E-state index in [-0.39, 0.29) is 61.6 Å². The number of anilines is 1. The fraction of sp³-hybridized carbons (Fsp3) is 0.375. The lowest BCUT2D eigenvalue weighted by Crippen LogP contribution is -2.33. The molecule has 1 N–H and O–H groups in total. The number of amides is 1. The minimum Gasteiger partial charge on any atom is -0.466 e. The van der Waals surface area contributed by atoms with Crippen molar-refractivity contribution in [1.82, 2.24) is 4.90 Å². The monoisotopic (exact) mass is 588 g/mol. The summed E-state index contributed by atoms with van der Waals surface area (Å²) in [5.74, 6) is -3.97. The molecule has 41 heavy (non-hydrogen) atoms. The number of hydrogen-bond acceptors (Lipinski definition) is 4. The molecule has 5 nitrogen and oxygen atoms in total. The van der Waals surface area contributed by atoms with Gasteiger partial charge in [0.25, 0.3) is 5.91 Å². The molecule has 3 aromatic carbocycles. The molecule has 3 aromatic rings. The van der Waals surface area contributed by atoms with Crippen LogP contribution in [0.5, 0.6) is 0 Å². The summed E-state index contributed by atoms with van der Waals surface area (Å²) >= 11 is 6.26. The van der Waals surface area contributed by atoms with E-state index in [9.17, 15) is 22.8 Å². The largest absolute Gasteiger partial charge is 0.466 e. The lowest BCUT2D eigenvalue weighted by Gasteiger charge is -2.26. The van der Waals surface area contributed by atoms with E-state index in [2.05, 4.69) is 26.1 Å². The Kier molecular flexibility index (Phi) is 10.8. The summed E-state index contributed by atoms with van der Waals surface area (Å²) in [6.45, 7) is 9.92. The zero-order chi connectivity index (χ0) is 30.3. The maximum Gasteiger partial charge on any atom is 0.307 e. The van der Waals surface area contributed by atoms with Crippen LogP contribution >= 0.6 is 11.6 Å². The summed E-state index contributed by atoms with van der Waals surface area (Å²) in [5, 5.41) is 3.43. The van der Waals surface area contributed by atoms with Crippen molar-refractivity contribution in [1.29, 1.82) is 0 Å². The van der Waals surface area contributed by atoms with Crippen molar-refractivity contribution in [3.63, 3.8) is 0 Å². The lowest BCUT2D eigenvalue weighted by molar-refractivity contribution is -0.142. The van der Waals surface area contributed by atoms with Gasteiger partial charge in [0, 0.05) is 35.9 Å². The highest BCUT2D eigenvalue weighted by atomic mass is 35.5. The summed E-state index contributed by atoms with van der Waals surface area (Å²) in [5.41, 5.74) is 2.20. The minimum absolute atomic E-state index is 0.0239. The van der Waals surface area contributed by atoms with Crippen molar-refractivity contribution in [2.75, 3.05) is 25.0 Å². The van der Waals surface area contributed by atoms with Crippen LogP contribution in [0.1, 0.15) is 66.7 Å². The summed E-state index contributed by atoms with van der Waals surface area (Å²) in [4.78, 5) is 27.2. The number of esters is 1. The highest BCUT2D eigenvalue weighted by Gasteiger charge is 2.23. The zero-order valence-corrected chi connectivity index (χ0v) is 24.8. The topological polar surface area (TPSA) is 58.6 Å². The van der Waals surface area contributed by atoms with Crippen molar-refractivity contribution in [2.24, 2.45) is 0 Å². The standard InChI is InChI=1S/C32H36ClF3N2O3/c1-6-41-28(39)13-15-37-27-12-11-24(33)18-25(27)31(40)38(19-21-7-9-23(10-8-21)32(3,4)5)16-14-22-17-26(34)30(36)20(2)29(22)35/h7-12,17-18,37H,6,13-16,19H2,1-5H3. The Morgan fingerprint density at radius 2 is 1.68 bits per heavy atom. The second-order valence-corrected chi connectivity index (χ2v) is 11.3. The number of rotatable bonds is 11. The number of hydrogen-bond donors (Lipinski definition) is 1. The molecule has 9 heteroatoms. The molecular weight excluding hydrogens is 553 g/mol. The van der Waals surface area contributed by atoms with Crippen LogP contribution in [0, 0.1) is 24.4 Å². The van der Waals surface area contributed by atoms with Gasteiger partial charge in [0.15, 0.2) is 11.6 Å². The molecule has 0 aromatic heterocycles. The molecule has 0 aliphatic rings. The number of nitrogens with one attached hydrogen (secondary N) is 1. The van der Waals surface area contributed by atoms with Gasteiger partial charge in [0.2, 0.25) is 0 Å². The first-order chi connectivity index (χ1) is 19.3. The first-order valence-corrected chi connectivity index (χ1v) is 13.9. The van der Waals surface area contributed by atoms with E-state index in [4.69, 9.17) is 16.3 Å². The highest BCUT2D eigenvalue weighted by molar-refractivity contribution is 6.31. The third-order valence-electron chi connectivity index (χ3n) is 6.74. The molecule has 0 unspecified atom stereocenters. The minimum atomic E-state index is -1.23. The van der Waals surface area contributed by atoms with Crippen LogP contribution in [0.25, 0.3) is 0 Å². The van der Waals surface area contributed by atoms with Crippen molar-refractivity contribution < 1.29 is 27.5 Å². The Labute approximate surface area is 244 Å². The normalized spacial score (nSPS) is 11.3. The Morgan fingerprint density at radius 3 is 2.32 bits per heavy atom. The summed E-state index contributed by atoms with van der Waals surface area (Å²) < 4.78 is 47.7. The van der Waals surface area contributed by atoms with Gasteiger partial charge < -0.3 is 15.0 Å². The van der Waals surface area contributed by atoms with Gasteiger partial charge in [0.1, 0.15) is 5.82 Å². The summed E-state index contributed by atoms with van der Waals surface area (Å²) in [7, 11) is 0. The van der Waals surface area contributed by atoms with E-state index in [1.807, 2.05) is 24.3 Å². The van der Waals surface area contributed by atoms with Gasteiger partial charge in [-0.05, 0) is 66.6 Å². The molecule has 1 amide bonds. The van der Waals surface area contributed by atoms with Gasteiger partial charge in [0.05, 0.1) is 18.6 Å². The Hall–Kier alpha value is -3.52. The van der Waals surface area contributed by atoms with Crippen molar-refractivity contribution in [3.05, 3.63) is 98.8 Å². The first kappa shape index (κ1) is 32.0. The van der Waals surface area contributed by atoms with E-state index in [0.29, 0.717) is 10.7 Å². The molecule has 0 spiro atoms. The van der Waals surface area contributed by atoms with Gasteiger partial charge in [-0.2, -0.15) is 0 Å². The van der Waals surface area contributed by atoms with Gasteiger partial charge in [-0.25, -0.2) is 13.2 Å². The first-order valence-electron chi connectivity index (χ1n) is 13.5. The molecule has 0 radical (unpaired) electrons. The third kappa shape index (κ3) is 8.49. The molecule has 0 bridgehead atoms. The fourth-order valence-corrected chi connectivity index (χ4v) is 4.54. The molecule has 0 saturated heterocycles. The van der Waals surface area contributed by atoms with E-state index < -0.39 is 28.9 Å². The average molecular weight is 589 g/mol. The van der Waals surface area contributed by atoms with Crippen molar-refractivity contribution in [2.45, 2.75) is 59.4 Å². The van der Waals surface area contributed by atoms with Gasteiger partial charge >= 0.3 is 5.97 Å². The molecule has 0 aliphatic heterocycles. The molecule has 0 fully saturated rings. The van der Waals surface area contributed by atoms with Gasteiger partial charge in [-0.15, -0.1) is 0 Å². The highest BCUT2D eigenvalue weighted by Crippen LogP contribution is 2.26. The molecule has 0 aliphatic carbocycles. The second kappa shape index (κ2) is 13.9. The molecule has 0 saturated carbocycles. The quantitative estimate of drug-likeness (QED) is 0.185. The van der Waals surface area contributed by atoms with Crippen LogP contribution in [-0.2, 0) is 27.9 Å². The number of nitrogens with zero attached hydrogens (tertiary/aromatic N) is 1. The third-order valence-corrected chi connectivity index (χ3v) is 6.98. The van der Waals surface area contributed by atoms with Crippen LogP contribution in [0.2, 0.25) is 5.02 Å². The predicted molar refractivity (Wildman–Crippen MR) is 156 cm³/mol. The van der Waals surface area contributed by atoms with Crippen molar-refractivity contribution in [3.8, 4) is 0 Å². The van der Waals surface area contributed by atoms with Gasteiger partial charge in [-0.3, -0.25) is 9.59 Å². The SMILES string of the molecule is CCOC(=O)CCNc1ccc(Cl)cc1C(=O)N(CCc1cc(F)c(F)c(C)c1F)Cc1ccc(C(C)(C)C)cc1. The van der Waals surface area contributed by atoms with E-state index in [1.165, 1.54) is 17.9 Å². The lowest BCUT2D eigenvalue weighted by atomic mass is 9.87. The molecular formula is C32H36ClF3N2O3. The van der Waals surface area contributed by atoms with Crippen molar-refractivity contribution >= 4 is 29.2 Å². The van der Waals surface area contributed by atoms with Crippen LogP contribution < -0.4 is 5.32 Å². The summed E-state index contributed by atoms with van der Waals surface area (Å²) in [6.07, 6.45) is 0.0601. The van der Waals surface area contributed by atoms with Crippen LogP contribution in [0.4, 0.5) is 18.9 Å². The maximum atomic E-state index is 14.8. The summed E-state index contributed by atoms with van der Waals surface area (Å²) in [6, 6.07) is 13.5. The Morgan fingerprint density at radius 1 is 1.00 bits per heavy atom. The Bertz CT molecular complexity index is 1390. The molecule has 3 rings (SSSR count). The number of halogens is 4. The molecule has 0 atom stereocenters. The molecule has 0 heterocycles. The number of ether oxygens (including phenoxy) is 1. The number of carbonyl (C=O) groups is 2. The predicted octanol–water partition coefficient (Wildman–Crippen LogP) is 7.61. The smallest absolute Gasteiger partial charge is 0.307 e. The fourth-order valence-electron chi connectivity index (χ4n) is 4.37. The number of carbonyl (C=O) groups excluding carboxylic acids is 2. The second-order valence-electron chi connectivity index (χ2n) is 10.9. The van der Waals surface area contributed by atoms with E-state index in [0.717, 1.165) is 17.2 Å². The average Bonchev–Trinajstić information content (AvgIpc) is 2.92. The number of benzene rings is 3. The van der Waals surface area contributed by atoms with Crippen LogP contribution in [0.15, 0.2) is 48.5 Å². The van der Waals surface area contributed by atoms with Crippen LogP contribution in [-0.4, -0.2) is 36.5 Å².